The first-order valence-electron chi connectivity index (χ1n) is 6.45. The molecule has 1 aromatic carbocycles. The highest BCUT2D eigenvalue weighted by molar-refractivity contribution is 7.07. The number of aliphatic carboxylic acids is 1. The number of benzene rings is 1. The number of carboxylic acid groups (broad SMARTS) is 1. The lowest BCUT2D eigenvalue weighted by atomic mass is 10.1. The Kier molecular flexibility index (Phi) is 5.29. The lowest BCUT2D eigenvalue weighted by Crippen LogP contribution is -2.12. The number of amides is 1. The molecule has 0 atom stereocenters. The predicted octanol–water partition coefficient (Wildman–Crippen LogP) is 3.42. The van der Waals surface area contributed by atoms with E-state index in [4.69, 9.17) is 5.11 Å². The van der Waals surface area contributed by atoms with E-state index in [1.54, 1.807) is 35.6 Å². The molecule has 1 heterocycles. The van der Waals surface area contributed by atoms with Crippen LogP contribution in [0.5, 0.6) is 0 Å². The Labute approximate surface area is 126 Å². The largest absolute Gasteiger partial charge is 0.478 e. The normalized spacial score (nSPS) is 10.7. The predicted molar refractivity (Wildman–Crippen MR) is 84.4 cm³/mol. The molecule has 21 heavy (non-hydrogen) atoms. The summed E-state index contributed by atoms with van der Waals surface area (Å²) in [4.78, 5) is 22.2. The van der Waals surface area contributed by atoms with Gasteiger partial charge >= 0.3 is 5.97 Å². The summed E-state index contributed by atoms with van der Waals surface area (Å²) < 4.78 is 0. The molecule has 2 aromatic rings. The van der Waals surface area contributed by atoms with Crippen LogP contribution in [0.4, 0.5) is 5.69 Å². The van der Waals surface area contributed by atoms with Gasteiger partial charge < -0.3 is 10.4 Å². The van der Waals surface area contributed by atoms with Crippen LogP contribution in [-0.2, 0) is 16.0 Å². The number of thiophene rings is 1. The number of carbonyl (C=O) groups excluding carboxylic acids is 1. The third kappa shape index (κ3) is 5.24. The summed E-state index contributed by atoms with van der Waals surface area (Å²) in [6, 6.07) is 9.04. The Hall–Kier alpha value is -2.40. The Bertz CT molecular complexity index is 630. The quantitative estimate of drug-likeness (QED) is 0.803. The van der Waals surface area contributed by atoms with Crippen molar-refractivity contribution in [2.24, 2.45) is 0 Å². The molecule has 1 aromatic heterocycles. The fourth-order valence-electron chi connectivity index (χ4n) is 1.76. The van der Waals surface area contributed by atoms with E-state index in [1.807, 2.05) is 16.8 Å². The minimum absolute atomic E-state index is 0.0324. The van der Waals surface area contributed by atoms with Crippen molar-refractivity contribution in [2.45, 2.75) is 12.8 Å². The summed E-state index contributed by atoms with van der Waals surface area (Å²) >= 11 is 1.62. The maximum Gasteiger partial charge on any atom is 0.328 e. The average molecular weight is 301 g/mol. The maximum atomic E-state index is 11.8. The molecule has 0 spiro atoms. The van der Waals surface area contributed by atoms with Gasteiger partial charge in [0, 0.05) is 18.2 Å². The molecule has 0 saturated carbocycles. The van der Waals surface area contributed by atoms with E-state index in [9.17, 15) is 9.59 Å². The smallest absolute Gasteiger partial charge is 0.328 e. The van der Waals surface area contributed by atoms with Crippen LogP contribution in [0.25, 0.3) is 6.08 Å². The van der Waals surface area contributed by atoms with Crippen molar-refractivity contribution in [1.82, 2.24) is 0 Å². The van der Waals surface area contributed by atoms with Crippen LogP contribution in [-0.4, -0.2) is 17.0 Å². The van der Waals surface area contributed by atoms with Gasteiger partial charge in [0.2, 0.25) is 5.91 Å². The molecule has 4 nitrogen and oxygen atoms in total. The monoisotopic (exact) mass is 301 g/mol. The molecule has 0 fully saturated rings. The van der Waals surface area contributed by atoms with Crippen LogP contribution >= 0.6 is 11.3 Å². The first-order valence-corrected chi connectivity index (χ1v) is 7.40. The van der Waals surface area contributed by atoms with E-state index < -0.39 is 5.97 Å². The van der Waals surface area contributed by atoms with Crippen molar-refractivity contribution in [1.29, 1.82) is 0 Å². The van der Waals surface area contributed by atoms with Gasteiger partial charge in [-0.15, -0.1) is 0 Å². The van der Waals surface area contributed by atoms with Gasteiger partial charge in [-0.05, 0) is 52.6 Å². The second-order valence-electron chi connectivity index (χ2n) is 4.47. The molecule has 0 aliphatic heterocycles. The molecule has 0 bridgehead atoms. The molecule has 1 amide bonds. The maximum absolute atomic E-state index is 11.8. The molecule has 108 valence electrons. The number of hydrogen-bond acceptors (Lipinski definition) is 3. The minimum atomic E-state index is -0.985. The van der Waals surface area contributed by atoms with Gasteiger partial charge in [-0.3, -0.25) is 4.79 Å². The lowest BCUT2D eigenvalue weighted by molar-refractivity contribution is -0.131. The first-order chi connectivity index (χ1) is 10.1. The van der Waals surface area contributed by atoms with Gasteiger partial charge in [-0.25, -0.2) is 4.79 Å². The van der Waals surface area contributed by atoms with Crippen molar-refractivity contribution < 1.29 is 14.7 Å². The zero-order chi connectivity index (χ0) is 15.1. The second kappa shape index (κ2) is 7.40. The molecule has 0 saturated heterocycles. The van der Waals surface area contributed by atoms with Crippen LogP contribution < -0.4 is 5.32 Å². The number of carbonyl (C=O) groups is 2. The van der Waals surface area contributed by atoms with Crippen molar-refractivity contribution in [3.63, 3.8) is 0 Å². The standard InChI is InChI=1S/C16H15NO3S/c18-15(7-3-13-9-10-21-11-13)17-14-5-1-12(2-6-14)4-8-16(19)20/h1-2,4-6,8-11H,3,7H2,(H,17,18)(H,19,20). The number of hydrogen-bond donors (Lipinski definition) is 2. The van der Waals surface area contributed by atoms with E-state index in [0.717, 1.165) is 18.1 Å². The summed E-state index contributed by atoms with van der Waals surface area (Å²) in [5.41, 5.74) is 2.65. The van der Waals surface area contributed by atoms with Crippen LogP contribution in [0, 0.1) is 0 Å². The van der Waals surface area contributed by atoms with E-state index in [0.29, 0.717) is 12.1 Å². The van der Waals surface area contributed by atoms with Gasteiger partial charge in [-0.2, -0.15) is 11.3 Å². The Morgan fingerprint density at radius 1 is 1.19 bits per heavy atom. The fourth-order valence-corrected chi connectivity index (χ4v) is 2.46. The van der Waals surface area contributed by atoms with Crippen molar-refractivity contribution >= 4 is 35.0 Å². The van der Waals surface area contributed by atoms with Crippen LogP contribution in [0.3, 0.4) is 0 Å². The van der Waals surface area contributed by atoms with Crippen molar-refractivity contribution in [3.8, 4) is 0 Å². The lowest BCUT2D eigenvalue weighted by Gasteiger charge is -2.05. The SMILES string of the molecule is O=C(O)C=Cc1ccc(NC(=O)CCc2ccsc2)cc1. The molecular formula is C16H15NO3S. The van der Waals surface area contributed by atoms with E-state index in [2.05, 4.69) is 5.32 Å². The summed E-state index contributed by atoms with van der Waals surface area (Å²) in [5, 5.41) is 15.4. The van der Waals surface area contributed by atoms with Crippen LogP contribution in [0.2, 0.25) is 0 Å². The second-order valence-corrected chi connectivity index (χ2v) is 5.25. The zero-order valence-corrected chi connectivity index (χ0v) is 12.1. The van der Waals surface area contributed by atoms with Crippen LogP contribution in [0.1, 0.15) is 17.5 Å². The third-order valence-corrected chi connectivity index (χ3v) is 3.57. The number of anilines is 1. The van der Waals surface area contributed by atoms with Gasteiger partial charge in [0.05, 0.1) is 0 Å². The zero-order valence-electron chi connectivity index (χ0n) is 11.3. The topological polar surface area (TPSA) is 66.4 Å². The molecule has 0 unspecified atom stereocenters. The Morgan fingerprint density at radius 3 is 2.57 bits per heavy atom. The summed E-state index contributed by atoms with van der Waals surface area (Å²) in [7, 11) is 0. The molecule has 2 rings (SSSR count). The summed E-state index contributed by atoms with van der Waals surface area (Å²) in [6.07, 6.45) is 3.76. The van der Waals surface area contributed by atoms with Crippen LogP contribution in [0.15, 0.2) is 47.2 Å². The number of aryl methyl sites for hydroxylation is 1. The molecule has 5 heteroatoms. The highest BCUT2D eigenvalue weighted by Gasteiger charge is 2.03. The fraction of sp³-hybridized carbons (Fsp3) is 0.125. The summed E-state index contributed by atoms with van der Waals surface area (Å²) in [6.45, 7) is 0. The first kappa shape index (κ1) is 15.0. The highest BCUT2D eigenvalue weighted by atomic mass is 32.1. The number of rotatable bonds is 6. The summed E-state index contributed by atoms with van der Waals surface area (Å²) in [5.74, 6) is -1.02. The van der Waals surface area contributed by atoms with Crippen molar-refractivity contribution in [2.75, 3.05) is 5.32 Å². The Balaban J connectivity index is 1.85. The van der Waals surface area contributed by atoms with Crippen molar-refractivity contribution in [3.05, 3.63) is 58.3 Å². The van der Waals surface area contributed by atoms with Gasteiger partial charge in [0.15, 0.2) is 0 Å². The van der Waals surface area contributed by atoms with Gasteiger partial charge in [0.1, 0.15) is 0 Å². The number of carboxylic acids is 1. The molecule has 0 radical (unpaired) electrons. The van der Waals surface area contributed by atoms with E-state index >= 15 is 0 Å². The number of nitrogens with one attached hydrogen (secondary N) is 1. The molecule has 0 aliphatic rings. The third-order valence-electron chi connectivity index (χ3n) is 2.83. The van der Waals surface area contributed by atoms with E-state index in [1.165, 1.54) is 11.6 Å². The highest BCUT2D eigenvalue weighted by Crippen LogP contribution is 2.13. The van der Waals surface area contributed by atoms with Gasteiger partial charge in [0.25, 0.3) is 0 Å². The Morgan fingerprint density at radius 2 is 1.95 bits per heavy atom. The van der Waals surface area contributed by atoms with Gasteiger partial charge in [-0.1, -0.05) is 12.1 Å². The minimum Gasteiger partial charge on any atom is -0.478 e. The molecule has 0 aliphatic carbocycles. The molecular weight excluding hydrogens is 286 g/mol. The average Bonchev–Trinajstić information content (AvgIpc) is 2.98. The van der Waals surface area contributed by atoms with E-state index in [-0.39, 0.29) is 5.91 Å². The molecule has 2 N–H and O–H groups in total.